The number of sulfonamides is 1. The number of nitrogens with two attached hydrogens (primary N) is 1. The standard InChI is InChI=1S/C12H20N2O3S2/c1-8-7-18-11(4-13)12(8)19(15,16)14-5-9(2)17-10(3)6-14/h7,9-10H,4-6,13H2,1-3H3. The number of rotatable bonds is 3. The number of thiophene rings is 1. The van der Waals surface area contributed by atoms with Crippen molar-refractivity contribution in [3.63, 3.8) is 0 Å². The van der Waals surface area contributed by atoms with Gasteiger partial charge in [0.2, 0.25) is 10.0 Å². The second-order valence-electron chi connectivity index (χ2n) is 4.95. The Kier molecular flexibility index (Phi) is 4.32. The van der Waals surface area contributed by atoms with E-state index in [1.54, 1.807) is 0 Å². The van der Waals surface area contributed by atoms with Gasteiger partial charge in [-0.3, -0.25) is 0 Å². The van der Waals surface area contributed by atoms with Crippen molar-refractivity contribution in [3.05, 3.63) is 15.8 Å². The highest BCUT2D eigenvalue weighted by Crippen LogP contribution is 2.30. The highest BCUT2D eigenvalue weighted by Gasteiger charge is 2.34. The van der Waals surface area contributed by atoms with Crippen molar-refractivity contribution in [2.75, 3.05) is 13.1 Å². The molecule has 2 rings (SSSR count). The SMILES string of the molecule is Cc1csc(CN)c1S(=O)(=O)N1CC(C)OC(C)C1. The fourth-order valence-corrected chi connectivity index (χ4v) is 5.67. The first-order valence-corrected chi connectivity index (χ1v) is 8.61. The lowest BCUT2D eigenvalue weighted by atomic mass is 10.3. The maximum Gasteiger partial charge on any atom is 0.244 e. The fourth-order valence-electron chi connectivity index (χ4n) is 2.43. The topological polar surface area (TPSA) is 72.6 Å². The molecular formula is C12H20N2O3S2. The van der Waals surface area contributed by atoms with Crippen LogP contribution in [-0.4, -0.2) is 38.0 Å². The van der Waals surface area contributed by atoms with Gasteiger partial charge < -0.3 is 10.5 Å². The van der Waals surface area contributed by atoms with Crippen molar-refractivity contribution >= 4 is 21.4 Å². The lowest BCUT2D eigenvalue weighted by Crippen LogP contribution is -2.48. The minimum atomic E-state index is -3.47. The van der Waals surface area contributed by atoms with Crippen LogP contribution in [0.5, 0.6) is 0 Å². The van der Waals surface area contributed by atoms with Crippen LogP contribution >= 0.6 is 11.3 Å². The number of nitrogens with zero attached hydrogens (tertiary/aromatic N) is 1. The Hall–Kier alpha value is -0.470. The molecule has 0 aliphatic carbocycles. The molecule has 1 fully saturated rings. The summed E-state index contributed by atoms with van der Waals surface area (Å²) in [4.78, 5) is 1.12. The van der Waals surface area contributed by atoms with E-state index in [2.05, 4.69) is 0 Å². The quantitative estimate of drug-likeness (QED) is 0.914. The Morgan fingerprint density at radius 3 is 2.53 bits per heavy atom. The smallest absolute Gasteiger partial charge is 0.244 e. The second-order valence-corrected chi connectivity index (χ2v) is 7.79. The molecular weight excluding hydrogens is 284 g/mol. The molecule has 1 aromatic heterocycles. The number of ether oxygens (including phenoxy) is 1. The molecule has 2 N–H and O–H groups in total. The van der Waals surface area contributed by atoms with E-state index < -0.39 is 10.0 Å². The van der Waals surface area contributed by atoms with Gasteiger partial charge in [0.15, 0.2) is 0 Å². The fraction of sp³-hybridized carbons (Fsp3) is 0.667. The normalized spacial score (nSPS) is 25.7. The van der Waals surface area contributed by atoms with E-state index in [1.807, 2.05) is 26.2 Å². The molecule has 0 saturated carbocycles. The van der Waals surface area contributed by atoms with Gasteiger partial charge in [0, 0.05) is 24.5 Å². The molecule has 2 atom stereocenters. The molecule has 0 amide bonds. The van der Waals surface area contributed by atoms with Gasteiger partial charge >= 0.3 is 0 Å². The largest absolute Gasteiger partial charge is 0.373 e. The van der Waals surface area contributed by atoms with Crippen molar-refractivity contribution in [3.8, 4) is 0 Å². The molecule has 0 aromatic carbocycles. The summed E-state index contributed by atoms with van der Waals surface area (Å²) in [5, 5.41) is 1.85. The first-order chi connectivity index (χ1) is 8.86. The Morgan fingerprint density at radius 1 is 1.42 bits per heavy atom. The predicted octanol–water partition coefficient (Wildman–Crippen LogP) is 1.31. The molecule has 7 heteroatoms. The van der Waals surface area contributed by atoms with Crippen LogP contribution in [0.4, 0.5) is 0 Å². The van der Waals surface area contributed by atoms with Crippen molar-refractivity contribution in [1.82, 2.24) is 4.31 Å². The van der Waals surface area contributed by atoms with Crippen molar-refractivity contribution in [2.45, 2.75) is 44.4 Å². The third-order valence-corrected chi connectivity index (χ3v) is 6.48. The minimum absolute atomic E-state index is 0.0845. The van der Waals surface area contributed by atoms with Crippen LogP contribution in [0.15, 0.2) is 10.3 Å². The zero-order valence-corrected chi connectivity index (χ0v) is 13.1. The first-order valence-electron chi connectivity index (χ1n) is 6.29. The maximum absolute atomic E-state index is 12.8. The zero-order valence-electron chi connectivity index (χ0n) is 11.4. The number of aryl methyl sites for hydroxylation is 1. The third-order valence-electron chi connectivity index (χ3n) is 3.16. The summed E-state index contributed by atoms with van der Waals surface area (Å²) < 4.78 is 32.6. The number of morpholine rings is 1. The molecule has 2 unspecified atom stereocenters. The van der Waals surface area contributed by atoms with Crippen LogP contribution in [0.3, 0.4) is 0 Å². The van der Waals surface area contributed by atoms with E-state index in [1.165, 1.54) is 15.6 Å². The minimum Gasteiger partial charge on any atom is -0.373 e. The van der Waals surface area contributed by atoms with Crippen molar-refractivity contribution < 1.29 is 13.2 Å². The summed E-state index contributed by atoms with van der Waals surface area (Å²) in [6, 6.07) is 0. The van der Waals surface area contributed by atoms with Crippen LogP contribution in [0, 0.1) is 6.92 Å². The van der Waals surface area contributed by atoms with Crippen LogP contribution < -0.4 is 5.73 Å². The van der Waals surface area contributed by atoms with Gasteiger partial charge in [-0.25, -0.2) is 8.42 Å². The van der Waals surface area contributed by atoms with Gasteiger partial charge in [0.1, 0.15) is 4.90 Å². The van der Waals surface area contributed by atoms with E-state index >= 15 is 0 Å². The predicted molar refractivity (Wildman–Crippen MR) is 75.7 cm³/mol. The number of hydrogen-bond acceptors (Lipinski definition) is 5. The summed E-state index contributed by atoms with van der Waals surface area (Å²) in [6.45, 7) is 6.64. The molecule has 108 valence electrons. The van der Waals surface area contributed by atoms with Gasteiger partial charge in [-0.05, 0) is 31.7 Å². The molecule has 1 aliphatic rings. The average Bonchev–Trinajstić information content (AvgIpc) is 2.69. The van der Waals surface area contributed by atoms with E-state index in [0.717, 1.165) is 10.4 Å². The summed E-state index contributed by atoms with van der Waals surface area (Å²) in [6.07, 6.45) is -0.169. The van der Waals surface area contributed by atoms with Gasteiger partial charge in [-0.1, -0.05) is 0 Å². The van der Waals surface area contributed by atoms with Crippen LogP contribution in [-0.2, 0) is 21.3 Å². The van der Waals surface area contributed by atoms with Crippen molar-refractivity contribution in [1.29, 1.82) is 0 Å². The first kappa shape index (κ1) is 14.9. The van der Waals surface area contributed by atoms with E-state index in [9.17, 15) is 8.42 Å². The van der Waals surface area contributed by atoms with Crippen LogP contribution in [0.25, 0.3) is 0 Å². The Morgan fingerprint density at radius 2 is 2.00 bits per heavy atom. The molecule has 0 spiro atoms. The van der Waals surface area contributed by atoms with Gasteiger partial charge in [-0.15, -0.1) is 11.3 Å². The lowest BCUT2D eigenvalue weighted by molar-refractivity contribution is -0.0441. The summed E-state index contributed by atoms with van der Waals surface area (Å²) in [5.41, 5.74) is 6.42. The average molecular weight is 304 g/mol. The summed E-state index contributed by atoms with van der Waals surface area (Å²) >= 11 is 1.41. The molecule has 2 heterocycles. The Labute approximate surface area is 118 Å². The molecule has 0 radical (unpaired) electrons. The number of hydrogen-bond donors (Lipinski definition) is 1. The van der Waals surface area contributed by atoms with Gasteiger partial charge in [0.25, 0.3) is 0 Å². The van der Waals surface area contributed by atoms with Gasteiger partial charge in [0.05, 0.1) is 12.2 Å². The van der Waals surface area contributed by atoms with Crippen molar-refractivity contribution in [2.24, 2.45) is 5.73 Å². The Balaban J connectivity index is 2.39. The monoisotopic (exact) mass is 304 g/mol. The molecule has 1 aliphatic heterocycles. The molecule has 19 heavy (non-hydrogen) atoms. The van der Waals surface area contributed by atoms with E-state index in [0.29, 0.717) is 18.0 Å². The highest BCUT2D eigenvalue weighted by molar-refractivity contribution is 7.89. The van der Waals surface area contributed by atoms with Crippen LogP contribution in [0.2, 0.25) is 0 Å². The van der Waals surface area contributed by atoms with E-state index in [-0.39, 0.29) is 18.8 Å². The summed E-state index contributed by atoms with van der Waals surface area (Å²) in [7, 11) is -3.47. The van der Waals surface area contributed by atoms with E-state index in [4.69, 9.17) is 10.5 Å². The maximum atomic E-state index is 12.8. The van der Waals surface area contributed by atoms with Gasteiger partial charge in [-0.2, -0.15) is 4.31 Å². The molecule has 5 nitrogen and oxygen atoms in total. The molecule has 1 saturated heterocycles. The zero-order chi connectivity index (χ0) is 14.2. The molecule has 0 bridgehead atoms. The summed E-state index contributed by atoms with van der Waals surface area (Å²) in [5.74, 6) is 0. The second kappa shape index (κ2) is 5.49. The highest BCUT2D eigenvalue weighted by atomic mass is 32.2. The Bertz CT molecular complexity index is 543. The lowest BCUT2D eigenvalue weighted by Gasteiger charge is -2.34. The molecule has 1 aromatic rings. The van der Waals surface area contributed by atoms with Crippen LogP contribution in [0.1, 0.15) is 24.3 Å². The third kappa shape index (κ3) is 2.85.